The van der Waals surface area contributed by atoms with Crippen molar-refractivity contribution in [3.63, 3.8) is 0 Å². The lowest BCUT2D eigenvalue weighted by atomic mass is 9.94. The van der Waals surface area contributed by atoms with Crippen LogP contribution in [-0.4, -0.2) is 34.4 Å². The molecule has 140 valence electrons. The monoisotopic (exact) mass is 389 g/mol. The molecular weight excluding hydrogens is 370 g/mol. The van der Waals surface area contributed by atoms with Crippen molar-refractivity contribution in [1.29, 1.82) is 0 Å². The maximum atomic E-state index is 13.5. The normalized spacial score (nSPS) is 16.2. The average Bonchev–Trinajstić information content (AvgIpc) is 3.41. The second-order valence-electron chi connectivity index (χ2n) is 6.87. The lowest BCUT2D eigenvalue weighted by Crippen LogP contribution is -2.40. The number of hydrogen-bond donors (Lipinski definition) is 1. The van der Waals surface area contributed by atoms with Gasteiger partial charge in [0.05, 0.1) is 30.5 Å². The number of amides is 1. The van der Waals surface area contributed by atoms with E-state index in [-0.39, 0.29) is 11.9 Å². The highest BCUT2D eigenvalue weighted by Crippen LogP contribution is 2.39. The molecule has 6 heteroatoms. The highest BCUT2D eigenvalue weighted by Gasteiger charge is 2.33. The van der Waals surface area contributed by atoms with Crippen LogP contribution in [0.1, 0.15) is 32.4 Å². The van der Waals surface area contributed by atoms with Crippen LogP contribution in [0.15, 0.2) is 60.2 Å². The van der Waals surface area contributed by atoms with E-state index in [1.54, 1.807) is 24.8 Å². The number of H-pyrrole nitrogens is 1. The smallest absolute Gasteiger partial charge is 0.254 e. The predicted octanol–water partition coefficient (Wildman–Crippen LogP) is 4.42. The first-order valence-electron chi connectivity index (χ1n) is 9.19. The fourth-order valence-electron chi connectivity index (χ4n) is 3.88. The number of benzene rings is 2. The highest BCUT2D eigenvalue weighted by molar-refractivity contribution is 7.10. The van der Waals surface area contributed by atoms with Crippen LogP contribution in [0.3, 0.4) is 0 Å². The van der Waals surface area contributed by atoms with Crippen molar-refractivity contribution in [1.82, 2.24) is 14.9 Å². The first kappa shape index (κ1) is 17.0. The zero-order valence-electron chi connectivity index (χ0n) is 15.4. The molecule has 0 aliphatic carbocycles. The van der Waals surface area contributed by atoms with E-state index >= 15 is 0 Å². The van der Waals surface area contributed by atoms with E-state index < -0.39 is 0 Å². The number of nitrogens with zero attached hydrogens (tertiary/aromatic N) is 2. The molecular formula is C22H19N3O2S. The van der Waals surface area contributed by atoms with Gasteiger partial charge in [-0.05, 0) is 59.3 Å². The molecule has 5 nitrogen and oxygen atoms in total. The molecule has 28 heavy (non-hydrogen) atoms. The van der Waals surface area contributed by atoms with Crippen LogP contribution < -0.4 is 4.74 Å². The van der Waals surface area contributed by atoms with Gasteiger partial charge in [-0.1, -0.05) is 12.1 Å². The fourth-order valence-corrected chi connectivity index (χ4v) is 4.97. The Labute approximate surface area is 166 Å². The minimum Gasteiger partial charge on any atom is -0.497 e. The number of fused-ring (bicyclic) bond motifs is 2. The third-order valence-corrected chi connectivity index (χ3v) is 6.33. The summed E-state index contributed by atoms with van der Waals surface area (Å²) in [5.74, 6) is 0.852. The Hall–Kier alpha value is -3.12. The molecule has 3 heterocycles. The SMILES string of the molecule is COc1ccc(C2c3sccc3CCN2C(=O)c2ccc3nc[nH]c3c2)cc1. The van der Waals surface area contributed by atoms with E-state index in [1.807, 2.05) is 35.2 Å². The summed E-state index contributed by atoms with van der Waals surface area (Å²) in [5.41, 5.74) is 4.84. The lowest BCUT2D eigenvalue weighted by molar-refractivity contribution is 0.0698. The minimum absolute atomic E-state index is 0.0383. The third-order valence-electron chi connectivity index (χ3n) is 5.32. The number of methoxy groups -OCH3 is 1. The molecule has 0 saturated heterocycles. The summed E-state index contributed by atoms with van der Waals surface area (Å²) < 4.78 is 5.30. The third kappa shape index (κ3) is 2.77. The van der Waals surface area contributed by atoms with Gasteiger partial charge in [-0.2, -0.15) is 0 Å². The Balaban J connectivity index is 1.56. The number of thiophene rings is 1. The van der Waals surface area contributed by atoms with E-state index in [0.29, 0.717) is 12.1 Å². The molecule has 0 saturated carbocycles. The number of imidazole rings is 1. The summed E-state index contributed by atoms with van der Waals surface area (Å²) in [6, 6.07) is 15.7. The van der Waals surface area contributed by atoms with E-state index in [4.69, 9.17) is 4.74 Å². The molecule has 4 aromatic rings. The van der Waals surface area contributed by atoms with Gasteiger partial charge in [0.25, 0.3) is 5.91 Å². The zero-order valence-corrected chi connectivity index (χ0v) is 16.2. The molecule has 0 fully saturated rings. The molecule has 1 N–H and O–H groups in total. The van der Waals surface area contributed by atoms with E-state index in [1.165, 1.54) is 10.4 Å². The summed E-state index contributed by atoms with van der Waals surface area (Å²) in [7, 11) is 1.66. The second-order valence-corrected chi connectivity index (χ2v) is 7.82. The average molecular weight is 389 g/mol. The number of aromatic amines is 1. The van der Waals surface area contributed by atoms with Gasteiger partial charge in [0.15, 0.2) is 0 Å². The fraction of sp³-hybridized carbons (Fsp3) is 0.182. The van der Waals surface area contributed by atoms with E-state index in [9.17, 15) is 4.79 Å². The number of ether oxygens (including phenoxy) is 1. The molecule has 1 aliphatic heterocycles. The van der Waals surface area contributed by atoms with Crippen molar-refractivity contribution in [3.8, 4) is 5.75 Å². The lowest BCUT2D eigenvalue weighted by Gasteiger charge is -2.36. The number of rotatable bonds is 3. The molecule has 0 spiro atoms. The maximum absolute atomic E-state index is 13.5. The van der Waals surface area contributed by atoms with Gasteiger partial charge in [0.2, 0.25) is 0 Å². The Bertz CT molecular complexity index is 1150. The van der Waals surface area contributed by atoms with Gasteiger partial charge in [-0.15, -0.1) is 11.3 Å². The Morgan fingerprint density at radius 3 is 2.89 bits per heavy atom. The summed E-state index contributed by atoms with van der Waals surface area (Å²) >= 11 is 1.72. The van der Waals surface area contributed by atoms with Crippen LogP contribution in [0.25, 0.3) is 11.0 Å². The standard InChI is InChI=1S/C22H19N3O2S/c1-27-17-5-2-14(3-6-17)20-21-15(9-11-28-21)8-10-25(20)22(26)16-4-7-18-19(12-16)24-13-23-18/h2-7,9,11-13,20H,8,10H2,1H3,(H,23,24). The van der Waals surface area contributed by atoms with Crippen molar-refractivity contribution in [2.75, 3.05) is 13.7 Å². The van der Waals surface area contributed by atoms with Gasteiger partial charge >= 0.3 is 0 Å². The Morgan fingerprint density at radius 1 is 1.21 bits per heavy atom. The van der Waals surface area contributed by atoms with Gasteiger partial charge in [-0.3, -0.25) is 4.79 Å². The van der Waals surface area contributed by atoms with Crippen LogP contribution in [-0.2, 0) is 6.42 Å². The minimum atomic E-state index is -0.0837. The molecule has 5 rings (SSSR count). The van der Waals surface area contributed by atoms with Crippen LogP contribution >= 0.6 is 11.3 Å². The number of nitrogens with one attached hydrogen (secondary N) is 1. The number of carbonyl (C=O) groups is 1. The molecule has 1 amide bonds. The van der Waals surface area contributed by atoms with Gasteiger partial charge in [0.1, 0.15) is 5.75 Å². The van der Waals surface area contributed by atoms with Crippen molar-refractivity contribution in [2.24, 2.45) is 0 Å². The molecule has 1 unspecified atom stereocenters. The molecule has 0 bridgehead atoms. The summed E-state index contributed by atoms with van der Waals surface area (Å²) in [6.07, 6.45) is 2.53. The van der Waals surface area contributed by atoms with Crippen LogP contribution in [0, 0.1) is 0 Å². The first-order valence-corrected chi connectivity index (χ1v) is 10.1. The molecule has 2 aromatic carbocycles. The summed E-state index contributed by atoms with van der Waals surface area (Å²) in [4.78, 5) is 24.0. The predicted molar refractivity (Wildman–Crippen MR) is 110 cm³/mol. The Kier molecular flexibility index (Phi) is 4.13. The van der Waals surface area contributed by atoms with Gasteiger partial charge in [-0.25, -0.2) is 4.98 Å². The van der Waals surface area contributed by atoms with Crippen molar-refractivity contribution in [2.45, 2.75) is 12.5 Å². The zero-order chi connectivity index (χ0) is 19.1. The molecule has 1 aliphatic rings. The molecule has 1 atom stereocenters. The number of aromatic nitrogens is 2. The summed E-state index contributed by atoms with van der Waals surface area (Å²) in [6.45, 7) is 0.695. The highest BCUT2D eigenvalue weighted by atomic mass is 32.1. The van der Waals surface area contributed by atoms with Crippen molar-refractivity contribution >= 4 is 28.3 Å². The topological polar surface area (TPSA) is 58.2 Å². The second kappa shape index (κ2) is 6.80. The number of carbonyl (C=O) groups excluding carboxylic acids is 1. The van der Waals surface area contributed by atoms with Crippen LogP contribution in [0.2, 0.25) is 0 Å². The Morgan fingerprint density at radius 2 is 2.07 bits per heavy atom. The number of hydrogen-bond acceptors (Lipinski definition) is 4. The van der Waals surface area contributed by atoms with Gasteiger partial charge < -0.3 is 14.6 Å². The van der Waals surface area contributed by atoms with E-state index in [2.05, 4.69) is 33.5 Å². The quantitative estimate of drug-likeness (QED) is 0.564. The van der Waals surface area contributed by atoms with Gasteiger partial charge in [0, 0.05) is 17.0 Å². The van der Waals surface area contributed by atoms with Crippen molar-refractivity contribution < 1.29 is 9.53 Å². The maximum Gasteiger partial charge on any atom is 0.254 e. The molecule has 0 radical (unpaired) electrons. The van der Waals surface area contributed by atoms with Crippen LogP contribution in [0.4, 0.5) is 0 Å². The van der Waals surface area contributed by atoms with Crippen molar-refractivity contribution in [3.05, 3.63) is 81.8 Å². The van der Waals surface area contributed by atoms with Crippen LogP contribution in [0.5, 0.6) is 5.75 Å². The first-order chi connectivity index (χ1) is 13.7. The molecule has 2 aromatic heterocycles. The summed E-state index contributed by atoms with van der Waals surface area (Å²) in [5, 5.41) is 2.12. The van der Waals surface area contributed by atoms with E-state index in [0.717, 1.165) is 28.8 Å². The largest absolute Gasteiger partial charge is 0.497 e.